The molecule has 5 nitrogen and oxygen atoms in total. The second-order valence-corrected chi connectivity index (χ2v) is 7.96. The Bertz CT molecular complexity index is 1010. The molecule has 2 heterocycles. The van der Waals surface area contributed by atoms with Gasteiger partial charge in [0.05, 0.1) is 0 Å². The van der Waals surface area contributed by atoms with Crippen molar-refractivity contribution in [3.05, 3.63) is 88.8 Å². The summed E-state index contributed by atoms with van der Waals surface area (Å²) in [6.07, 6.45) is 3.02. The Morgan fingerprint density at radius 3 is 2.43 bits per heavy atom. The van der Waals surface area contributed by atoms with Crippen molar-refractivity contribution in [2.45, 2.75) is 39.0 Å². The van der Waals surface area contributed by atoms with E-state index in [2.05, 4.69) is 18.7 Å². The number of benzene rings is 2. The van der Waals surface area contributed by atoms with E-state index < -0.39 is 0 Å². The Morgan fingerprint density at radius 2 is 1.77 bits per heavy atom. The van der Waals surface area contributed by atoms with Crippen molar-refractivity contribution in [3.63, 3.8) is 0 Å². The second-order valence-electron chi connectivity index (χ2n) is 7.96. The fourth-order valence-corrected chi connectivity index (χ4v) is 3.70. The van der Waals surface area contributed by atoms with E-state index in [4.69, 9.17) is 9.47 Å². The van der Waals surface area contributed by atoms with E-state index >= 15 is 0 Å². The SMILES string of the molecule is CC(C)N1CC[C@H](Oc2ccc(-n3ccc(OCc4ccccc4)cc3=O)cc2)C1. The van der Waals surface area contributed by atoms with Gasteiger partial charge in [-0.2, -0.15) is 0 Å². The highest BCUT2D eigenvalue weighted by Gasteiger charge is 2.25. The third kappa shape index (κ3) is 4.92. The summed E-state index contributed by atoms with van der Waals surface area (Å²) in [4.78, 5) is 15.0. The van der Waals surface area contributed by atoms with Crippen molar-refractivity contribution >= 4 is 0 Å². The zero-order valence-electron chi connectivity index (χ0n) is 17.5. The number of hydrogen-bond donors (Lipinski definition) is 0. The highest BCUT2D eigenvalue weighted by atomic mass is 16.5. The summed E-state index contributed by atoms with van der Waals surface area (Å²) in [5.41, 5.74) is 1.74. The molecule has 0 spiro atoms. The van der Waals surface area contributed by atoms with E-state index in [1.54, 1.807) is 10.8 Å². The summed E-state index contributed by atoms with van der Waals surface area (Å²) < 4.78 is 13.5. The van der Waals surface area contributed by atoms with Gasteiger partial charge in [-0.15, -0.1) is 0 Å². The normalized spacial score (nSPS) is 16.7. The Balaban J connectivity index is 1.38. The first kappa shape index (κ1) is 20.2. The van der Waals surface area contributed by atoms with Gasteiger partial charge in [0.2, 0.25) is 0 Å². The molecule has 0 saturated carbocycles. The van der Waals surface area contributed by atoms with Crippen LogP contribution in [0.2, 0.25) is 0 Å². The van der Waals surface area contributed by atoms with Crippen LogP contribution in [-0.2, 0) is 6.61 Å². The lowest BCUT2D eigenvalue weighted by atomic mass is 10.2. The van der Waals surface area contributed by atoms with Crippen LogP contribution in [0.25, 0.3) is 5.69 Å². The average molecular weight is 405 g/mol. The maximum Gasteiger partial charge on any atom is 0.258 e. The molecule has 156 valence electrons. The van der Waals surface area contributed by atoms with Gasteiger partial charge in [0.25, 0.3) is 5.56 Å². The minimum Gasteiger partial charge on any atom is -0.489 e. The van der Waals surface area contributed by atoms with Crippen molar-refractivity contribution in [1.82, 2.24) is 9.47 Å². The Labute approximate surface area is 177 Å². The lowest BCUT2D eigenvalue weighted by Crippen LogP contribution is -2.30. The number of ether oxygens (including phenoxy) is 2. The zero-order chi connectivity index (χ0) is 20.9. The van der Waals surface area contributed by atoms with Crippen molar-refractivity contribution in [3.8, 4) is 17.2 Å². The molecule has 2 aromatic carbocycles. The third-order valence-corrected chi connectivity index (χ3v) is 5.46. The van der Waals surface area contributed by atoms with Gasteiger partial charge in [0.1, 0.15) is 24.2 Å². The van der Waals surface area contributed by atoms with Crippen LogP contribution < -0.4 is 15.0 Å². The first-order chi connectivity index (χ1) is 14.6. The van der Waals surface area contributed by atoms with E-state index in [0.29, 0.717) is 18.4 Å². The van der Waals surface area contributed by atoms with Crippen molar-refractivity contribution in [2.24, 2.45) is 0 Å². The van der Waals surface area contributed by atoms with Crippen LogP contribution in [0.5, 0.6) is 11.5 Å². The molecule has 0 amide bonds. The smallest absolute Gasteiger partial charge is 0.258 e. The molecule has 0 N–H and O–H groups in total. The van der Waals surface area contributed by atoms with Crippen molar-refractivity contribution in [2.75, 3.05) is 13.1 Å². The average Bonchev–Trinajstić information content (AvgIpc) is 3.23. The summed E-state index contributed by atoms with van der Waals surface area (Å²) in [5.74, 6) is 1.40. The van der Waals surface area contributed by atoms with Gasteiger partial charge in [-0.25, -0.2) is 0 Å². The number of likely N-dealkylation sites (tertiary alicyclic amines) is 1. The predicted molar refractivity (Wildman–Crippen MR) is 119 cm³/mol. The lowest BCUT2D eigenvalue weighted by Gasteiger charge is -2.20. The highest BCUT2D eigenvalue weighted by Crippen LogP contribution is 2.21. The summed E-state index contributed by atoms with van der Waals surface area (Å²) in [5, 5.41) is 0. The van der Waals surface area contributed by atoms with Gasteiger partial charge in [0.15, 0.2) is 0 Å². The molecule has 1 aromatic heterocycles. The van der Waals surface area contributed by atoms with E-state index in [1.165, 1.54) is 6.07 Å². The first-order valence-corrected chi connectivity index (χ1v) is 10.5. The maximum absolute atomic E-state index is 12.6. The largest absolute Gasteiger partial charge is 0.489 e. The van der Waals surface area contributed by atoms with Crippen LogP contribution >= 0.6 is 0 Å². The number of hydrogen-bond acceptors (Lipinski definition) is 4. The van der Waals surface area contributed by atoms with Gasteiger partial charge >= 0.3 is 0 Å². The molecule has 3 aromatic rings. The molecule has 0 aliphatic carbocycles. The molecule has 0 unspecified atom stereocenters. The molecule has 5 heteroatoms. The lowest BCUT2D eigenvalue weighted by molar-refractivity contribution is 0.187. The first-order valence-electron chi connectivity index (χ1n) is 10.5. The fraction of sp³-hybridized carbons (Fsp3) is 0.320. The molecule has 1 atom stereocenters. The van der Waals surface area contributed by atoms with Crippen LogP contribution in [0, 0.1) is 0 Å². The van der Waals surface area contributed by atoms with Crippen molar-refractivity contribution < 1.29 is 9.47 Å². The third-order valence-electron chi connectivity index (χ3n) is 5.46. The molecular weight excluding hydrogens is 376 g/mol. The monoisotopic (exact) mass is 404 g/mol. The number of pyridine rings is 1. The number of rotatable bonds is 7. The molecule has 0 radical (unpaired) electrons. The Morgan fingerprint density at radius 1 is 1.00 bits per heavy atom. The van der Waals surface area contributed by atoms with Crippen LogP contribution in [-0.4, -0.2) is 34.7 Å². The molecular formula is C25H28N2O3. The summed E-state index contributed by atoms with van der Waals surface area (Å²) >= 11 is 0. The van der Waals surface area contributed by atoms with E-state index in [1.807, 2.05) is 60.7 Å². The van der Waals surface area contributed by atoms with E-state index in [-0.39, 0.29) is 11.7 Å². The number of aromatic nitrogens is 1. The molecule has 0 bridgehead atoms. The van der Waals surface area contributed by atoms with Crippen molar-refractivity contribution in [1.29, 1.82) is 0 Å². The standard InChI is InChI=1S/C25H28N2O3/c1-19(2)26-14-12-24(17-26)30-22-10-8-21(9-11-22)27-15-13-23(16-25(27)28)29-18-20-6-4-3-5-7-20/h3-11,13,15-16,19,24H,12,14,17-18H2,1-2H3/t24-/m0/s1. The van der Waals surface area contributed by atoms with Gasteiger partial charge in [-0.1, -0.05) is 30.3 Å². The van der Waals surface area contributed by atoms with E-state index in [0.717, 1.165) is 36.5 Å². The minimum absolute atomic E-state index is 0.127. The zero-order valence-corrected chi connectivity index (χ0v) is 17.5. The second kappa shape index (κ2) is 9.18. The molecule has 1 fully saturated rings. The topological polar surface area (TPSA) is 43.7 Å². The quantitative estimate of drug-likeness (QED) is 0.590. The molecule has 1 aliphatic rings. The van der Waals surface area contributed by atoms with E-state index in [9.17, 15) is 4.79 Å². The highest BCUT2D eigenvalue weighted by molar-refractivity contribution is 5.38. The van der Waals surface area contributed by atoms with Gasteiger partial charge in [-0.3, -0.25) is 14.3 Å². The van der Waals surface area contributed by atoms with Crippen LogP contribution in [0.1, 0.15) is 25.8 Å². The Hall–Kier alpha value is -3.05. The summed E-state index contributed by atoms with van der Waals surface area (Å²) in [7, 11) is 0. The predicted octanol–water partition coefficient (Wildman–Crippen LogP) is 4.28. The Kier molecular flexibility index (Phi) is 6.19. The van der Waals surface area contributed by atoms with Gasteiger partial charge in [0, 0.05) is 37.1 Å². The minimum atomic E-state index is -0.127. The van der Waals surface area contributed by atoms with Gasteiger partial charge in [-0.05, 0) is 56.2 Å². The fourth-order valence-electron chi connectivity index (χ4n) is 3.70. The number of nitrogens with zero attached hydrogens (tertiary/aromatic N) is 2. The molecule has 4 rings (SSSR count). The molecule has 1 aliphatic heterocycles. The molecule has 30 heavy (non-hydrogen) atoms. The van der Waals surface area contributed by atoms with Crippen LogP contribution in [0.3, 0.4) is 0 Å². The van der Waals surface area contributed by atoms with Gasteiger partial charge < -0.3 is 9.47 Å². The summed E-state index contributed by atoms with van der Waals surface area (Å²) in [6.45, 7) is 6.91. The van der Waals surface area contributed by atoms with Crippen LogP contribution in [0.4, 0.5) is 0 Å². The molecule has 1 saturated heterocycles. The maximum atomic E-state index is 12.6. The van der Waals surface area contributed by atoms with Crippen LogP contribution in [0.15, 0.2) is 77.7 Å². The summed E-state index contributed by atoms with van der Waals surface area (Å²) in [6, 6.07) is 21.5.